The van der Waals surface area contributed by atoms with Gasteiger partial charge in [-0.2, -0.15) is 0 Å². The van der Waals surface area contributed by atoms with Crippen molar-refractivity contribution in [2.24, 2.45) is 0 Å². The molecule has 0 radical (unpaired) electrons. The predicted octanol–water partition coefficient (Wildman–Crippen LogP) is -0.531. The maximum Gasteiger partial charge on any atom is 0.294 e. The van der Waals surface area contributed by atoms with Gasteiger partial charge in [0.1, 0.15) is 13.2 Å². The highest BCUT2D eigenvalue weighted by molar-refractivity contribution is 7.99. The lowest BCUT2D eigenvalue weighted by atomic mass is 10.7. The van der Waals surface area contributed by atoms with Crippen LogP contribution in [-0.4, -0.2) is 41.0 Å². The van der Waals surface area contributed by atoms with Crippen molar-refractivity contribution >= 4 is 34.3 Å². The molecule has 18 heavy (non-hydrogen) atoms. The summed E-state index contributed by atoms with van der Waals surface area (Å²) >= 11 is 2.10. The molecule has 0 spiro atoms. The first-order valence-corrected chi connectivity index (χ1v) is 6.11. The highest BCUT2D eigenvalue weighted by atomic mass is 32.2. The molecule has 0 aliphatic rings. The predicted molar refractivity (Wildman–Crippen MR) is 62.1 cm³/mol. The number of hydrogen-bond donors (Lipinski definition) is 2. The molecule has 0 atom stereocenters. The number of nitrogens with one attached hydrogen (secondary N) is 1. The van der Waals surface area contributed by atoms with Crippen molar-refractivity contribution in [2.45, 2.75) is 4.34 Å². The van der Waals surface area contributed by atoms with E-state index < -0.39 is 11.0 Å². The molecule has 1 amide bonds. The van der Waals surface area contributed by atoms with Gasteiger partial charge in [-0.3, -0.25) is 9.52 Å². The minimum Gasteiger partial charge on any atom is -0.374 e. The molecule has 0 aliphatic carbocycles. The lowest BCUT2D eigenvalue weighted by molar-refractivity contribution is -0.758. The van der Waals surface area contributed by atoms with Crippen LogP contribution < -0.4 is 10.5 Å². The molecule has 0 aliphatic heterocycles. The Labute approximate surface area is 109 Å². The normalized spacial score (nSPS) is 10.0. The van der Waals surface area contributed by atoms with Gasteiger partial charge in [0.15, 0.2) is 4.34 Å². The number of nitrogens with two attached hydrogens (primary N) is 1. The monoisotopic (exact) mass is 295 g/mol. The number of anilines is 1. The molecule has 0 saturated carbocycles. The fourth-order valence-electron chi connectivity index (χ4n) is 0.727. The molecule has 100 valence electrons. The number of nitrogens with zero attached hydrogens (tertiary/aromatic N) is 3. The second-order valence-electron chi connectivity index (χ2n) is 2.64. The summed E-state index contributed by atoms with van der Waals surface area (Å²) < 4.78 is 7.77. The van der Waals surface area contributed by atoms with Gasteiger partial charge in [-0.15, -0.1) is 20.3 Å². The smallest absolute Gasteiger partial charge is 0.294 e. The van der Waals surface area contributed by atoms with Gasteiger partial charge >= 0.3 is 0 Å². The third-order valence-electron chi connectivity index (χ3n) is 1.33. The summed E-state index contributed by atoms with van der Waals surface area (Å²) in [4.78, 5) is 25.0. The van der Waals surface area contributed by atoms with E-state index in [-0.39, 0.29) is 19.8 Å². The van der Waals surface area contributed by atoms with Crippen LogP contribution in [0.1, 0.15) is 0 Å². The fraction of sp³-hybridized carbons (Fsp3) is 0.500. The van der Waals surface area contributed by atoms with Crippen molar-refractivity contribution in [2.75, 3.05) is 25.6 Å². The van der Waals surface area contributed by atoms with Gasteiger partial charge in [0.2, 0.25) is 5.13 Å². The van der Waals surface area contributed by atoms with Crippen LogP contribution >= 0.6 is 23.3 Å². The molecule has 0 unspecified atom stereocenters. The minimum absolute atomic E-state index is 0.0508. The van der Waals surface area contributed by atoms with E-state index in [9.17, 15) is 14.9 Å². The Morgan fingerprint density at radius 2 is 2.33 bits per heavy atom. The molecule has 3 N–H and O–H groups in total. The van der Waals surface area contributed by atoms with Crippen molar-refractivity contribution in [3.8, 4) is 0 Å². The van der Waals surface area contributed by atoms with E-state index in [1.165, 1.54) is 0 Å². The van der Waals surface area contributed by atoms with E-state index in [1.54, 1.807) is 0 Å². The Hall–Kier alpha value is -1.66. The molecular formula is C6H9N5O5S2. The summed E-state index contributed by atoms with van der Waals surface area (Å²) in [7, 11) is 0. The zero-order valence-electron chi connectivity index (χ0n) is 8.90. The van der Waals surface area contributed by atoms with E-state index in [1.807, 2.05) is 0 Å². The molecule has 1 rings (SSSR count). The van der Waals surface area contributed by atoms with Gasteiger partial charge in [-0.25, -0.2) is 0 Å². The summed E-state index contributed by atoms with van der Waals surface area (Å²) in [5.41, 5.74) is 5.35. The Morgan fingerprint density at radius 1 is 1.56 bits per heavy atom. The number of aromatic nitrogens is 2. The van der Waals surface area contributed by atoms with Gasteiger partial charge in [0, 0.05) is 11.9 Å². The quantitative estimate of drug-likeness (QED) is 0.280. The summed E-state index contributed by atoms with van der Waals surface area (Å²) in [5.74, 6) is -0.408. The number of carbonyl (C=O) groups is 1. The first kappa shape index (κ1) is 14.4. The molecule has 1 aromatic rings. The van der Waals surface area contributed by atoms with Gasteiger partial charge in [-0.05, 0) is 0 Å². The maximum absolute atomic E-state index is 11.2. The van der Waals surface area contributed by atoms with Crippen LogP contribution in [0.2, 0.25) is 0 Å². The molecule has 1 heterocycles. The topological polar surface area (TPSA) is 143 Å². The van der Waals surface area contributed by atoms with Gasteiger partial charge in [0.25, 0.3) is 11.0 Å². The number of rotatable bonds is 8. The molecule has 1 aromatic heterocycles. The third-order valence-corrected chi connectivity index (χ3v) is 2.96. The Balaban J connectivity index is 2.05. The molecule has 10 nitrogen and oxygen atoms in total. The van der Waals surface area contributed by atoms with Crippen LogP contribution in [0.5, 0.6) is 0 Å². The van der Waals surface area contributed by atoms with Crippen molar-refractivity contribution in [3.63, 3.8) is 0 Å². The maximum atomic E-state index is 11.2. The summed E-state index contributed by atoms with van der Waals surface area (Å²) in [5, 5.41) is 16.4. The molecule has 0 fully saturated rings. The largest absolute Gasteiger partial charge is 0.374 e. The number of amides is 1. The zero-order chi connectivity index (χ0) is 13.4. The van der Waals surface area contributed by atoms with Gasteiger partial charge in [-0.1, -0.05) is 11.3 Å². The molecule has 0 saturated heterocycles. The van der Waals surface area contributed by atoms with Crippen molar-refractivity contribution in [1.82, 2.24) is 14.9 Å². The van der Waals surface area contributed by atoms with Crippen LogP contribution in [0.15, 0.2) is 4.34 Å². The van der Waals surface area contributed by atoms with Crippen LogP contribution in [-0.2, 0) is 14.4 Å². The number of carbonyl (C=O) groups excluding carboxylic acids is 1. The van der Waals surface area contributed by atoms with Crippen LogP contribution in [0, 0.1) is 10.1 Å². The second-order valence-corrected chi connectivity index (χ2v) is 4.71. The van der Waals surface area contributed by atoms with Gasteiger partial charge < -0.3 is 15.3 Å². The Kier molecular flexibility index (Phi) is 6.10. The summed E-state index contributed by atoms with van der Waals surface area (Å²) in [6.07, 6.45) is 0. The van der Waals surface area contributed by atoms with Crippen molar-refractivity contribution < 1.29 is 19.5 Å². The number of hydrogen-bond acceptors (Lipinski definition) is 10. The van der Waals surface area contributed by atoms with E-state index in [0.29, 0.717) is 9.47 Å². The van der Waals surface area contributed by atoms with Crippen LogP contribution in [0.25, 0.3) is 0 Å². The zero-order valence-corrected chi connectivity index (χ0v) is 10.5. The first-order chi connectivity index (χ1) is 8.58. The van der Waals surface area contributed by atoms with E-state index in [4.69, 9.17) is 10.5 Å². The van der Waals surface area contributed by atoms with Crippen LogP contribution in [0.3, 0.4) is 0 Å². The van der Waals surface area contributed by atoms with Gasteiger partial charge in [0.05, 0.1) is 6.61 Å². The number of ether oxygens (including phenoxy) is 1. The lowest BCUT2D eigenvalue weighted by Crippen LogP contribution is -2.22. The molecule has 12 heteroatoms. The molecule has 0 aromatic carbocycles. The minimum atomic E-state index is -0.931. The Morgan fingerprint density at radius 3 is 2.94 bits per heavy atom. The average molecular weight is 295 g/mol. The number of nitrogen functional groups attached to an aromatic ring is 1. The fourth-order valence-corrected chi connectivity index (χ4v) is 1.96. The van der Waals surface area contributed by atoms with E-state index in [2.05, 4.69) is 19.8 Å². The first-order valence-electron chi connectivity index (χ1n) is 4.47. The molecular weight excluding hydrogens is 286 g/mol. The lowest BCUT2D eigenvalue weighted by Gasteiger charge is -2.03. The van der Waals surface area contributed by atoms with Crippen molar-refractivity contribution in [3.05, 3.63) is 10.1 Å². The van der Waals surface area contributed by atoms with E-state index in [0.717, 1.165) is 23.3 Å². The highest BCUT2D eigenvalue weighted by Gasteiger charge is 2.06. The summed E-state index contributed by atoms with van der Waals surface area (Å²) in [6, 6.07) is 0. The SMILES string of the molecule is Nc1nnc(SNC(=O)COCCO[N+](=O)[O-])s1. The van der Waals surface area contributed by atoms with Crippen molar-refractivity contribution in [1.29, 1.82) is 0 Å². The molecule has 0 bridgehead atoms. The second kappa shape index (κ2) is 7.62. The summed E-state index contributed by atoms with van der Waals surface area (Å²) in [6.45, 7) is -0.506. The third kappa shape index (κ3) is 6.17. The average Bonchev–Trinajstić information content (AvgIpc) is 2.71. The van der Waals surface area contributed by atoms with Crippen LogP contribution in [0.4, 0.5) is 5.13 Å². The van der Waals surface area contributed by atoms with E-state index >= 15 is 0 Å². The Bertz CT molecular complexity index is 413. The highest BCUT2D eigenvalue weighted by Crippen LogP contribution is 2.20. The standard InChI is InChI=1S/C6H9N5O5S2/c7-5-8-9-6(17-5)18-10-4(12)3-15-1-2-16-11(13)14/h1-3H2,(H2,7,8)(H,10,12).